The molecule has 0 bridgehead atoms. The van der Waals surface area contributed by atoms with Gasteiger partial charge in [-0.25, -0.2) is 4.99 Å². The minimum atomic E-state index is -0.964. The van der Waals surface area contributed by atoms with E-state index in [9.17, 15) is 5.11 Å². The average molecular weight is 378 g/mol. The number of thiophene rings is 1. The number of rotatable bonds is 8. The second kappa shape index (κ2) is 9.45. The first kappa shape index (κ1) is 20.1. The number of hydrogen-bond donors (Lipinski definition) is 3. The van der Waals surface area contributed by atoms with E-state index in [1.165, 1.54) is 0 Å². The quantitative estimate of drug-likeness (QED) is 0.487. The maximum Gasteiger partial charge on any atom is 0.191 e. The maximum atomic E-state index is 10.6. The van der Waals surface area contributed by atoms with Crippen molar-refractivity contribution in [2.45, 2.75) is 26.0 Å². The SMILES string of the molecule is CCNC(=NCc1ccc(OC)cc1OC)NCC(C)(O)c1ccsc1. The first-order valence-electron chi connectivity index (χ1n) is 8.48. The number of benzene rings is 1. The third kappa shape index (κ3) is 5.37. The van der Waals surface area contributed by atoms with Crippen LogP contribution in [0.3, 0.4) is 0 Å². The largest absolute Gasteiger partial charge is 0.497 e. The van der Waals surface area contributed by atoms with E-state index in [2.05, 4.69) is 15.6 Å². The molecule has 6 nitrogen and oxygen atoms in total. The summed E-state index contributed by atoms with van der Waals surface area (Å²) in [5, 5.41) is 21.0. The summed E-state index contributed by atoms with van der Waals surface area (Å²) in [6.07, 6.45) is 0. The van der Waals surface area contributed by atoms with Gasteiger partial charge >= 0.3 is 0 Å². The molecule has 0 fully saturated rings. The molecule has 1 aromatic carbocycles. The van der Waals surface area contributed by atoms with E-state index in [1.54, 1.807) is 32.5 Å². The highest BCUT2D eigenvalue weighted by molar-refractivity contribution is 7.08. The van der Waals surface area contributed by atoms with Gasteiger partial charge in [0.2, 0.25) is 0 Å². The predicted octanol–water partition coefficient (Wildman–Crippen LogP) is 2.73. The molecule has 1 aromatic heterocycles. The molecule has 3 N–H and O–H groups in total. The molecule has 0 saturated heterocycles. The Morgan fingerprint density at radius 2 is 2.04 bits per heavy atom. The summed E-state index contributed by atoms with van der Waals surface area (Å²) in [6, 6.07) is 7.59. The van der Waals surface area contributed by atoms with E-state index in [0.717, 1.165) is 29.2 Å². The lowest BCUT2D eigenvalue weighted by Crippen LogP contribution is -2.44. The van der Waals surface area contributed by atoms with Gasteiger partial charge in [0.1, 0.15) is 17.1 Å². The number of guanidine groups is 1. The molecular weight excluding hydrogens is 350 g/mol. The van der Waals surface area contributed by atoms with Gasteiger partial charge < -0.3 is 25.2 Å². The van der Waals surface area contributed by atoms with Crippen LogP contribution in [0, 0.1) is 0 Å². The van der Waals surface area contributed by atoms with Crippen molar-refractivity contribution in [2.24, 2.45) is 4.99 Å². The molecule has 0 aliphatic carbocycles. The standard InChI is InChI=1S/C19H27N3O3S/c1-5-20-18(22-13-19(2,23)15-8-9-26-12-15)21-11-14-6-7-16(24-3)10-17(14)25-4/h6-10,12,23H,5,11,13H2,1-4H3,(H2,20,21,22). The number of aliphatic imine (C=N–C) groups is 1. The van der Waals surface area contributed by atoms with Gasteiger partial charge in [0, 0.05) is 18.2 Å². The van der Waals surface area contributed by atoms with Crippen LogP contribution < -0.4 is 20.1 Å². The second-order valence-electron chi connectivity index (χ2n) is 6.01. The molecule has 7 heteroatoms. The van der Waals surface area contributed by atoms with Crippen LogP contribution in [0.1, 0.15) is 25.0 Å². The summed E-state index contributed by atoms with van der Waals surface area (Å²) >= 11 is 1.57. The molecule has 2 aromatic rings. The summed E-state index contributed by atoms with van der Waals surface area (Å²) < 4.78 is 10.6. The summed E-state index contributed by atoms with van der Waals surface area (Å²) in [6.45, 7) is 5.32. The van der Waals surface area contributed by atoms with Crippen molar-refractivity contribution in [3.63, 3.8) is 0 Å². The highest BCUT2D eigenvalue weighted by Crippen LogP contribution is 2.25. The van der Waals surface area contributed by atoms with Gasteiger partial charge in [0.15, 0.2) is 5.96 Å². The molecule has 0 radical (unpaired) electrons. The molecule has 1 atom stereocenters. The smallest absolute Gasteiger partial charge is 0.191 e. The van der Waals surface area contributed by atoms with Crippen molar-refractivity contribution >= 4 is 17.3 Å². The molecule has 1 unspecified atom stereocenters. The van der Waals surface area contributed by atoms with E-state index in [-0.39, 0.29) is 0 Å². The summed E-state index contributed by atoms with van der Waals surface area (Å²) in [7, 11) is 3.25. The van der Waals surface area contributed by atoms with Crippen LogP contribution in [-0.4, -0.2) is 38.4 Å². The predicted molar refractivity (Wildman–Crippen MR) is 106 cm³/mol. The summed E-state index contributed by atoms with van der Waals surface area (Å²) in [4.78, 5) is 4.60. The average Bonchev–Trinajstić information content (AvgIpc) is 3.19. The fraction of sp³-hybridized carbons (Fsp3) is 0.421. The van der Waals surface area contributed by atoms with Crippen molar-refractivity contribution in [1.29, 1.82) is 0 Å². The highest BCUT2D eigenvalue weighted by Gasteiger charge is 2.23. The zero-order valence-corrected chi connectivity index (χ0v) is 16.5. The van der Waals surface area contributed by atoms with E-state index < -0.39 is 5.60 Å². The lowest BCUT2D eigenvalue weighted by molar-refractivity contribution is 0.0621. The first-order valence-corrected chi connectivity index (χ1v) is 9.42. The van der Waals surface area contributed by atoms with Crippen molar-refractivity contribution in [3.8, 4) is 11.5 Å². The topological polar surface area (TPSA) is 75.1 Å². The Morgan fingerprint density at radius 3 is 2.65 bits per heavy atom. The number of aliphatic hydroxyl groups is 1. The molecule has 1 heterocycles. The number of methoxy groups -OCH3 is 2. The minimum absolute atomic E-state index is 0.356. The zero-order chi connectivity index (χ0) is 19.0. The van der Waals surface area contributed by atoms with Gasteiger partial charge in [-0.3, -0.25) is 0 Å². The molecule has 0 spiro atoms. The second-order valence-corrected chi connectivity index (χ2v) is 6.79. The number of nitrogens with one attached hydrogen (secondary N) is 2. The third-order valence-electron chi connectivity index (χ3n) is 3.99. The van der Waals surface area contributed by atoms with Crippen LogP contribution in [0.2, 0.25) is 0 Å². The molecule has 26 heavy (non-hydrogen) atoms. The third-order valence-corrected chi connectivity index (χ3v) is 4.67. The summed E-state index contributed by atoms with van der Waals surface area (Å²) in [5.41, 5.74) is 0.881. The van der Waals surface area contributed by atoms with E-state index in [0.29, 0.717) is 19.0 Å². The maximum absolute atomic E-state index is 10.6. The number of nitrogens with zero attached hydrogens (tertiary/aromatic N) is 1. The van der Waals surface area contributed by atoms with Gasteiger partial charge in [0.05, 0.1) is 27.3 Å². The molecule has 2 rings (SSSR count). The molecule has 142 valence electrons. The van der Waals surface area contributed by atoms with E-state index >= 15 is 0 Å². The van der Waals surface area contributed by atoms with Gasteiger partial charge in [-0.05, 0) is 48.4 Å². The molecular formula is C19H27N3O3S. The van der Waals surface area contributed by atoms with E-state index in [4.69, 9.17) is 9.47 Å². The minimum Gasteiger partial charge on any atom is -0.497 e. The van der Waals surface area contributed by atoms with Crippen molar-refractivity contribution in [2.75, 3.05) is 27.3 Å². The van der Waals surface area contributed by atoms with Crippen LogP contribution in [-0.2, 0) is 12.1 Å². The Morgan fingerprint density at radius 1 is 1.23 bits per heavy atom. The molecule has 0 amide bonds. The normalized spacial score (nSPS) is 13.8. The van der Waals surface area contributed by atoms with Crippen molar-refractivity contribution in [1.82, 2.24) is 10.6 Å². The Bertz CT molecular complexity index is 715. The summed E-state index contributed by atoms with van der Waals surface area (Å²) in [5.74, 6) is 2.11. The van der Waals surface area contributed by atoms with Crippen LogP contribution in [0.4, 0.5) is 0 Å². The van der Waals surface area contributed by atoms with E-state index in [1.807, 2.05) is 41.9 Å². The van der Waals surface area contributed by atoms with Crippen molar-refractivity contribution in [3.05, 3.63) is 46.2 Å². The van der Waals surface area contributed by atoms with Gasteiger partial charge in [-0.2, -0.15) is 11.3 Å². The fourth-order valence-electron chi connectivity index (χ4n) is 2.42. The lowest BCUT2D eigenvalue weighted by atomic mass is 9.99. The first-order chi connectivity index (χ1) is 12.5. The number of ether oxygens (including phenoxy) is 2. The Labute approximate surface area is 158 Å². The number of hydrogen-bond acceptors (Lipinski definition) is 5. The van der Waals surface area contributed by atoms with Gasteiger partial charge in [-0.1, -0.05) is 0 Å². The lowest BCUT2D eigenvalue weighted by Gasteiger charge is -2.24. The van der Waals surface area contributed by atoms with Crippen LogP contribution in [0.5, 0.6) is 11.5 Å². The van der Waals surface area contributed by atoms with Crippen molar-refractivity contribution < 1.29 is 14.6 Å². The zero-order valence-electron chi connectivity index (χ0n) is 15.7. The Hall–Kier alpha value is -2.25. The fourth-order valence-corrected chi connectivity index (χ4v) is 3.20. The highest BCUT2D eigenvalue weighted by atomic mass is 32.1. The molecule has 0 aliphatic heterocycles. The molecule has 0 aliphatic rings. The molecule has 0 saturated carbocycles. The van der Waals surface area contributed by atoms with Crippen LogP contribution in [0.15, 0.2) is 40.0 Å². The monoisotopic (exact) mass is 377 g/mol. The van der Waals surface area contributed by atoms with Gasteiger partial charge in [-0.15, -0.1) is 0 Å². The Balaban J connectivity index is 2.07. The van der Waals surface area contributed by atoms with Crippen LogP contribution in [0.25, 0.3) is 0 Å². The Kier molecular flexibility index (Phi) is 7.29. The van der Waals surface area contributed by atoms with Gasteiger partial charge in [0.25, 0.3) is 0 Å². The van der Waals surface area contributed by atoms with Crippen LogP contribution >= 0.6 is 11.3 Å².